The first-order chi connectivity index (χ1) is 13.1. The largest absolute Gasteiger partial charge is 0.374 e. The van der Waals surface area contributed by atoms with E-state index in [9.17, 15) is 4.79 Å². The van der Waals surface area contributed by atoms with Gasteiger partial charge in [0.25, 0.3) is 0 Å². The predicted octanol–water partition coefficient (Wildman–Crippen LogP) is 4.90. The van der Waals surface area contributed by atoms with Crippen molar-refractivity contribution in [3.63, 3.8) is 0 Å². The predicted molar refractivity (Wildman–Crippen MR) is 108 cm³/mol. The number of anilines is 1. The fourth-order valence-electron chi connectivity index (χ4n) is 3.37. The highest BCUT2D eigenvalue weighted by Gasteiger charge is 2.43. The van der Waals surface area contributed by atoms with E-state index in [0.29, 0.717) is 12.5 Å². The summed E-state index contributed by atoms with van der Waals surface area (Å²) >= 11 is 0. The lowest BCUT2D eigenvalue weighted by Gasteiger charge is -2.09. The average molecular weight is 360 g/mol. The number of hydrogen-bond donors (Lipinski definition) is 1. The zero-order valence-electron chi connectivity index (χ0n) is 15.7. The maximum absolute atomic E-state index is 12.6. The summed E-state index contributed by atoms with van der Waals surface area (Å²) in [6, 6.07) is 16.3. The molecule has 4 nitrogen and oxygen atoms in total. The molecule has 0 saturated heterocycles. The zero-order chi connectivity index (χ0) is 18.8. The number of hydrogen-bond acceptors (Lipinski definition) is 3. The van der Waals surface area contributed by atoms with Crippen molar-refractivity contribution in [3.05, 3.63) is 72.1 Å². The first-order valence-electron chi connectivity index (χ1n) is 9.45. The summed E-state index contributed by atoms with van der Waals surface area (Å²) in [7, 11) is 0. The number of nitrogens with one attached hydrogen (secondary N) is 1. The van der Waals surface area contributed by atoms with Crippen LogP contribution >= 0.6 is 0 Å². The van der Waals surface area contributed by atoms with E-state index in [0.717, 1.165) is 22.9 Å². The van der Waals surface area contributed by atoms with Crippen LogP contribution in [0.2, 0.25) is 0 Å². The molecule has 1 heterocycles. The molecular formula is C23H24N2O2. The fourth-order valence-corrected chi connectivity index (χ4v) is 3.37. The molecule has 2 aromatic carbocycles. The van der Waals surface area contributed by atoms with Gasteiger partial charge in [0.1, 0.15) is 0 Å². The summed E-state index contributed by atoms with van der Waals surface area (Å²) in [6.07, 6.45) is 4.73. The van der Waals surface area contributed by atoms with Crippen molar-refractivity contribution < 1.29 is 9.53 Å². The van der Waals surface area contributed by atoms with E-state index in [1.54, 1.807) is 6.20 Å². The van der Waals surface area contributed by atoms with Gasteiger partial charge in [-0.2, -0.15) is 0 Å². The van der Waals surface area contributed by atoms with E-state index in [2.05, 4.69) is 34.6 Å². The van der Waals surface area contributed by atoms with Gasteiger partial charge in [-0.05, 0) is 60.9 Å². The number of ether oxygens (including phenoxy) is 1. The molecule has 1 aliphatic rings. The molecular weight excluding hydrogens is 336 g/mol. The third-order valence-electron chi connectivity index (χ3n) is 5.03. The lowest BCUT2D eigenvalue weighted by Crippen LogP contribution is -2.14. The molecule has 0 unspecified atom stereocenters. The second-order valence-electron chi connectivity index (χ2n) is 7.48. The highest BCUT2D eigenvalue weighted by Crippen LogP contribution is 2.48. The Bertz CT molecular complexity index is 950. The summed E-state index contributed by atoms with van der Waals surface area (Å²) in [5.41, 5.74) is 3.23. The van der Waals surface area contributed by atoms with Crippen molar-refractivity contribution >= 4 is 22.4 Å². The Morgan fingerprint density at radius 1 is 1.15 bits per heavy atom. The first-order valence-corrected chi connectivity index (χ1v) is 9.45. The highest BCUT2D eigenvalue weighted by atomic mass is 16.5. The minimum atomic E-state index is 0.0518. The van der Waals surface area contributed by atoms with E-state index in [1.807, 2.05) is 44.3 Å². The van der Waals surface area contributed by atoms with E-state index in [-0.39, 0.29) is 17.9 Å². The fraction of sp³-hybridized carbons (Fsp3) is 0.304. The van der Waals surface area contributed by atoms with Crippen LogP contribution < -0.4 is 5.32 Å². The molecule has 27 heavy (non-hydrogen) atoms. The summed E-state index contributed by atoms with van der Waals surface area (Å²) < 4.78 is 5.63. The van der Waals surface area contributed by atoms with E-state index in [4.69, 9.17) is 4.74 Å². The molecule has 1 aromatic heterocycles. The van der Waals surface area contributed by atoms with Crippen molar-refractivity contribution in [2.45, 2.75) is 38.9 Å². The molecule has 1 aliphatic carbocycles. The van der Waals surface area contributed by atoms with Crippen LogP contribution in [0.5, 0.6) is 0 Å². The maximum Gasteiger partial charge on any atom is 0.228 e. The Labute approximate surface area is 159 Å². The summed E-state index contributed by atoms with van der Waals surface area (Å²) in [6.45, 7) is 4.70. The van der Waals surface area contributed by atoms with Crippen LogP contribution in [0.15, 0.2) is 60.9 Å². The number of carbonyl (C=O) groups excluding carboxylic acids is 1. The number of carbonyl (C=O) groups is 1. The second-order valence-corrected chi connectivity index (χ2v) is 7.48. The molecule has 0 aliphatic heterocycles. The van der Waals surface area contributed by atoms with Crippen molar-refractivity contribution in [2.75, 3.05) is 5.32 Å². The van der Waals surface area contributed by atoms with Crippen LogP contribution in [0, 0.1) is 5.92 Å². The van der Waals surface area contributed by atoms with Gasteiger partial charge >= 0.3 is 0 Å². The van der Waals surface area contributed by atoms with Crippen LogP contribution in [-0.4, -0.2) is 17.0 Å². The van der Waals surface area contributed by atoms with Gasteiger partial charge in [-0.1, -0.05) is 30.3 Å². The number of fused-ring (bicyclic) bond motifs is 1. The monoisotopic (exact) mass is 360 g/mol. The van der Waals surface area contributed by atoms with Gasteiger partial charge in [0, 0.05) is 29.4 Å². The third kappa shape index (κ3) is 4.17. The normalized spacial score (nSPS) is 18.6. The Balaban J connectivity index is 1.36. The van der Waals surface area contributed by atoms with Crippen molar-refractivity contribution in [2.24, 2.45) is 5.92 Å². The number of pyridine rings is 1. The molecule has 138 valence electrons. The third-order valence-corrected chi connectivity index (χ3v) is 5.03. The quantitative estimate of drug-likeness (QED) is 0.680. The minimum Gasteiger partial charge on any atom is -0.374 e. The SMILES string of the molecule is CC(C)OCc1ccc([C@@H]2C[C@H]2C(=O)Nc2ccc3cnccc3c2)cc1. The van der Waals surface area contributed by atoms with Crippen LogP contribution in [0.25, 0.3) is 10.8 Å². The number of amides is 1. The number of nitrogens with zero attached hydrogens (tertiary/aromatic N) is 1. The number of rotatable bonds is 6. The number of aromatic nitrogens is 1. The number of benzene rings is 2. The Morgan fingerprint density at radius 2 is 1.96 bits per heavy atom. The maximum atomic E-state index is 12.6. The van der Waals surface area contributed by atoms with Gasteiger partial charge in [0.05, 0.1) is 12.7 Å². The van der Waals surface area contributed by atoms with Crippen LogP contribution in [0.1, 0.15) is 37.3 Å². The summed E-state index contributed by atoms with van der Waals surface area (Å²) in [4.78, 5) is 16.7. The van der Waals surface area contributed by atoms with Crippen molar-refractivity contribution in [1.82, 2.24) is 4.98 Å². The Kier molecular flexibility index (Phi) is 4.90. The van der Waals surface area contributed by atoms with Crippen LogP contribution in [0.4, 0.5) is 5.69 Å². The van der Waals surface area contributed by atoms with Gasteiger partial charge in [-0.3, -0.25) is 9.78 Å². The van der Waals surface area contributed by atoms with E-state index in [1.165, 1.54) is 11.1 Å². The van der Waals surface area contributed by atoms with Gasteiger partial charge in [0.2, 0.25) is 5.91 Å². The van der Waals surface area contributed by atoms with Gasteiger partial charge in [-0.15, -0.1) is 0 Å². The van der Waals surface area contributed by atoms with Crippen molar-refractivity contribution in [3.8, 4) is 0 Å². The van der Waals surface area contributed by atoms with Gasteiger partial charge < -0.3 is 10.1 Å². The molecule has 1 N–H and O–H groups in total. The molecule has 0 radical (unpaired) electrons. The van der Waals surface area contributed by atoms with Crippen LogP contribution in [0.3, 0.4) is 0 Å². The van der Waals surface area contributed by atoms with Gasteiger partial charge in [-0.25, -0.2) is 0 Å². The minimum absolute atomic E-state index is 0.0518. The first kappa shape index (κ1) is 17.7. The molecule has 4 rings (SSSR count). The molecule has 1 amide bonds. The molecule has 4 heteroatoms. The average Bonchev–Trinajstić information content (AvgIpc) is 3.48. The van der Waals surface area contributed by atoms with Gasteiger partial charge in [0.15, 0.2) is 0 Å². The van der Waals surface area contributed by atoms with Crippen molar-refractivity contribution in [1.29, 1.82) is 0 Å². The second kappa shape index (κ2) is 7.49. The molecule has 2 atom stereocenters. The zero-order valence-corrected chi connectivity index (χ0v) is 15.7. The Hall–Kier alpha value is -2.72. The highest BCUT2D eigenvalue weighted by molar-refractivity contribution is 5.97. The van der Waals surface area contributed by atoms with E-state index < -0.39 is 0 Å². The standard InChI is InChI=1S/C23H24N2O2/c1-15(2)27-14-16-3-5-17(6-4-16)21-12-22(21)23(26)25-20-8-7-19-13-24-10-9-18(19)11-20/h3-11,13,15,21-22H,12,14H2,1-2H3,(H,25,26)/t21-,22+/m0/s1. The van der Waals surface area contributed by atoms with E-state index >= 15 is 0 Å². The summed E-state index contributed by atoms with van der Waals surface area (Å²) in [5, 5.41) is 5.21. The topological polar surface area (TPSA) is 51.2 Å². The molecule has 1 fully saturated rings. The lowest BCUT2D eigenvalue weighted by atomic mass is 10.1. The van der Waals surface area contributed by atoms with Crippen LogP contribution in [-0.2, 0) is 16.1 Å². The molecule has 1 saturated carbocycles. The molecule has 0 spiro atoms. The smallest absolute Gasteiger partial charge is 0.228 e. The summed E-state index contributed by atoms with van der Waals surface area (Å²) in [5.74, 6) is 0.464. The lowest BCUT2D eigenvalue weighted by molar-refractivity contribution is -0.117. The molecule has 3 aromatic rings. The Morgan fingerprint density at radius 3 is 2.74 bits per heavy atom. The molecule has 0 bridgehead atoms.